The lowest BCUT2D eigenvalue weighted by Gasteiger charge is -2.31. The molecule has 0 amide bonds. The van der Waals surface area contributed by atoms with Crippen LogP contribution in [0.15, 0.2) is 0 Å². The van der Waals surface area contributed by atoms with Crippen molar-refractivity contribution >= 4 is 17.7 Å². The van der Waals surface area contributed by atoms with Crippen LogP contribution in [0, 0.1) is 10.8 Å². The van der Waals surface area contributed by atoms with Gasteiger partial charge in [0.1, 0.15) is 5.41 Å². The number of carbonyl (C=O) groups is 3. The summed E-state index contributed by atoms with van der Waals surface area (Å²) in [6.07, 6.45) is 0.115. The number of cyclic esters (lactones) is 1. The van der Waals surface area contributed by atoms with E-state index >= 15 is 0 Å². The number of carbonyl (C=O) groups excluding carboxylic acids is 3. The van der Waals surface area contributed by atoms with Crippen molar-refractivity contribution in [3.05, 3.63) is 0 Å². The summed E-state index contributed by atoms with van der Waals surface area (Å²) in [5.41, 5.74) is -1.86. The van der Waals surface area contributed by atoms with Crippen molar-refractivity contribution in [1.82, 2.24) is 0 Å². The Hall–Kier alpha value is -1.39. The van der Waals surface area contributed by atoms with Gasteiger partial charge < -0.3 is 9.47 Å². The van der Waals surface area contributed by atoms with Gasteiger partial charge in [0.2, 0.25) is 6.10 Å². The van der Waals surface area contributed by atoms with E-state index in [4.69, 9.17) is 9.47 Å². The Bertz CT molecular complexity index is 395. The minimum absolute atomic E-state index is 0.182. The Morgan fingerprint density at radius 2 is 1.89 bits per heavy atom. The molecule has 108 valence electrons. The standard InChI is InChI=1S/C14H22O5/c1-6-13(2,3)11(16)14(4,5)12(17)19-9-7-8-18-10(9)15/h9H,6-8H2,1-5H3. The average Bonchev–Trinajstić information content (AvgIpc) is 2.74. The predicted octanol–water partition coefficient (Wildman–Crippen LogP) is 1.88. The molecule has 1 fully saturated rings. The lowest BCUT2D eigenvalue weighted by atomic mass is 9.72. The third-order valence-corrected chi connectivity index (χ3v) is 3.71. The van der Waals surface area contributed by atoms with Crippen molar-refractivity contribution in [1.29, 1.82) is 0 Å². The van der Waals surface area contributed by atoms with Crippen LogP contribution in [-0.2, 0) is 23.9 Å². The quantitative estimate of drug-likeness (QED) is 0.563. The second-order valence-electron chi connectivity index (χ2n) is 6.04. The summed E-state index contributed by atoms with van der Waals surface area (Å²) < 4.78 is 9.84. The molecule has 0 radical (unpaired) electrons. The normalized spacial score (nSPS) is 20.1. The summed E-state index contributed by atoms with van der Waals surface area (Å²) in [4.78, 5) is 35.8. The molecule has 0 aromatic carbocycles. The molecule has 1 unspecified atom stereocenters. The van der Waals surface area contributed by atoms with Gasteiger partial charge in [0.05, 0.1) is 6.61 Å². The molecular formula is C14H22O5. The van der Waals surface area contributed by atoms with E-state index in [1.807, 2.05) is 6.92 Å². The average molecular weight is 270 g/mol. The first-order valence-electron chi connectivity index (χ1n) is 6.55. The van der Waals surface area contributed by atoms with E-state index in [0.29, 0.717) is 12.8 Å². The van der Waals surface area contributed by atoms with Gasteiger partial charge >= 0.3 is 11.9 Å². The third kappa shape index (κ3) is 3.14. The molecule has 0 spiro atoms. The molecule has 1 atom stereocenters. The van der Waals surface area contributed by atoms with E-state index in [1.54, 1.807) is 13.8 Å². The highest BCUT2D eigenvalue weighted by molar-refractivity contribution is 6.05. The highest BCUT2D eigenvalue weighted by Gasteiger charge is 2.46. The third-order valence-electron chi connectivity index (χ3n) is 3.71. The van der Waals surface area contributed by atoms with Crippen molar-refractivity contribution in [3.8, 4) is 0 Å². The number of Topliss-reactive ketones (excluding diaryl/α,β-unsaturated/α-hetero) is 1. The first kappa shape index (κ1) is 15.7. The van der Waals surface area contributed by atoms with Crippen LogP contribution in [0.4, 0.5) is 0 Å². The Morgan fingerprint density at radius 3 is 2.32 bits per heavy atom. The Morgan fingerprint density at radius 1 is 1.32 bits per heavy atom. The molecule has 0 bridgehead atoms. The molecule has 5 nitrogen and oxygen atoms in total. The summed E-state index contributed by atoms with van der Waals surface area (Å²) in [5, 5.41) is 0. The molecule has 5 heteroatoms. The van der Waals surface area contributed by atoms with Gasteiger partial charge in [-0.05, 0) is 20.3 Å². The second kappa shape index (κ2) is 5.31. The maximum absolute atomic E-state index is 12.4. The SMILES string of the molecule is CCC(C)(C)C(=O)C(C)(C)C(=O)OC1CCOC1=O. The van der Waals surface area contributed by atoms with Crippen LogP contribution < -0.4 is 0 Å². The van der Waals surface area contributed by atoms with Gasteiger partial charge in [-0.1, -0.05) is 20.8 Å². The molecule has 1 heterocycles. The fourth-order valence-corrected chi connectivity index (χ4v) is 1.96. The summed E-state index contributed by atoms with van der Waals surface area (Å²) >= 11 is 0. The molecule has 1 saturated heterocycles. The number of rotatable bonds is 5. The second-order valence-corrected chi connectivity index (χ2v) is 6.04. The highest BCUT2D eigenvalue weighted by Crippen LogP contribution is 2.33. The van der Waals surface area contributed by atoms with E-state index in [9.17, 15) is 14.4 Å². The molecule has 1 aliphatic heterocycles. The minimum atomic E-state index is -1.26. The first-order chi connectivity index (χ1) is 8.63. The van der Waals surface area contributed by atoms with E-state index < -0.39 is 28.9 Å². The zero-order valence-electron chi connectivity index (χ0n) is 12.2. The fourth-order valence-electron chi connectivity index (χ4n) is 1.96. The van der Waals surface area contributed by atoms with Gasteiger partial charge in [-0.15, -0.1) is 0 Å². The predicted molar refractivity (Wildman–Crippen MR) is 68.3 cm³/mol. The zero-order chi connectivity index (χ0) is 14.8. The van der Waals surface area contributed by atoms with Crippen molar-refractivity contribution in [3.63, 3.8) is 0 Å². The van der Waals surface area contributed by atoms with E-state index in [0.717, 1.165) is 0 Å². The van der Waals surface area contributed by atoms with Crippen molar-refractivity contribution < 1.29 is 23.9 Å². The number of hydrogen-bond acceptors (Lipinski definition) is 5. The summed E-state index contributed by atoms with van der Waals surface area (Å²) in [7, 11) is 0. The van der Waals surface area contributed by atoms with Crippen LogP contribution in [0.25, 0.3) is 0 Å². The molecule has 0 saturated carbocycles. The number of ketones is 1. The van der Waals surface area contributed by atoms with Crippen LogP contribution in [-0.4, -0.2) is 30.4 Å². The maximum atomic E-state index is 12.4. The van der Waals surface area contributed by atoms with Crippen LogP contribution in [0.3, 0.4) is 0 Å². The smallest absolute Gasteiger partial charge is 0.347 e. The zero-order valence-corrected chi connectivity index (χ0v) is 12.2. The molecule has 1 rings (SSSR count). The fraction of sp³-hybridized carbons (Fsp3) is 0.786. The van der Waals surface area contributed by atoms with Gasteiger partial charge in [-0.25, -0.2) is 4.79 Å². The summed E-state index contributed by atoms with van der Waals surface area (Å²) in [5.74, 6) is -1.38. The first-order valence-corrected chi connectivity index (χ1v) is 6.55. The molecule has 19 heavy (non-hydrogen) atoms. The van der Waals surface area contributed by atoms with Crippen LogP contribution in [0.5, 0.6) is 0 Å². The largest absolute Gasteiger partial charge is 0.463 e. The summed E-state index contributed by atoms with van der Waals surface area (Å²) in [6.45, 7) is 8.83. The molecule has 0 aromatic heterocycles. The minimum Gasteiger partial charge on any atom is -0.463 e. The highest BCUT2D eigenvalue weighted by atomic mass is 16.6. The van der Waals surface area contributed by atoms with Crippen molar-refractivity contribution in [2.24, 2.45) is 10.8 Å². The van der Waals surface area contributed by atoms with Gasteiger partial charge in [0.15, 0.2) is 5.78 Å². The van der Waals surface area contributed by atoms with Gasteiger partial charge in [0, 0.05) is 11.8 Å². The monoisotopic (exact) mass is 270 g/mol. The Labute approximate surface area is 113 Å². The lowest BCUT2D eigenvalue weighted by molar-refractivity contribution is -0.171. The molecule has 0 aromatic rings. The molecule has 0 aliphatic carbocycles. The Kier molecular flexibility index (Phi) is 4.38. The van der Waals surface area contributed by atoms with Gasteiger partial charge in [-0.3, -0.25) is 9.59 Å². The number of esters is 2. The summed E-state index contributed by atoms with van der Waals surface area (Å²) in [6, 6.07) is 0. The topological polar surface area (TPSA) is 69.7 Å². The van der Waals surface area contributed by atoms with Gasteiger partial charge in [0.25, 0.3) is 0 Å². The molecular weight excluding hydrogens is 248 g/mol. The maximum Gasteiger partial charge on any atom is 0.347 e. The van der Waals surface area contributed by atoms with Crippen LogP contribution >= 0.6 is 0 Å². The lowest BCUT2D eigenvalue weighted by Crippen LogP contribution is -2.44. The molecule has 0 N–H and O–H groups in total. The Balaban J connectivity index is 2.79. The van der Waals surface area contributed by atoms with E-state index in [-0.39, 0.29) is 12.4 Å². The van der Waals surface area contributed by atoms with Crippen molar-refractivity contribution in [2.75, 3.05) is 6.61 Å². The van der Waals surface area contributed by atoms with Crippen LogP contribution in [0.1, 0.15) is 47.5 Å². The number of hydrogen-bond donors (Lipinski definition) is 0. The van der Waals surface area contributed by atoms with Crippen LogP contribution in [0.2, 0.25) is 0 Å². The van der Waals surface area contributed by atoms with Gasteiger partial charge in [-0.2, -0.15) is 0 Å². The van der Waals surface area contributed by atoms with E-state index in [2.05, 4.69) is 0 Å². The molecule has 1 aliphatic rings. The number of ether oxygens (including phenoxy) is 2. The van der Waals surface area contributed by atoms with Crippen molar-refractivity contribution in [2.45, 2.75) is 53.6 Å². The van der Waals surface area contributed by atoms with E-state index in [1.165, 1.54) is 13.8 Å².